The molecule has 0 saturated heterocycles. The molecule has 0 aromatic heterocycles. The summed E-state index contributed by atoms with van der Waals surface area (Å²) in [7, 11) is 0. The van der Waals surface area contributed by atoms with Crippen molar-refractivity contribution in [2.24, 2.45) is 5.92 Å². The highest BCUT2D eigenvalue weighted by Crippen LogP contribution is 2.13. The maximum atomic E-state index is 12.3. The molecule has 0 aliphatic heterocycles. The third-order valence-corrected chi connectivity index (χ3v) is 6.18. The van der Waals surface area contributed by atoms with Gasteiger partial charge in [0.2, 0.25) is 11.8 Å². The fraction of sp³-hybridized carbons (Fsp3) is 0.923. The first-order chi connectivity index (χ1) is 14.5. The molecule has 0 bridgehead atoms. The number of hydrogen-bond acceptors (Lipinski definition) is 2. The van der Waals surface area contributed by atoms with E-state index in [1.54, 1.807) is 0 Å². The molecule has 0 aliphatic rings. The van der Waals surface area contributed by atoms with Gasteiger partial charge in [-0.25, -0.2) is 0 Å². The van der Waals surface area contributed by atoms with Gasteiger partial charge in [-0.1, -0.05) is 124 Å². The molecule has 0 heterocycles. The molecular weight excluding hydrogens is 372 g/mol. The Hall–Kier alpha value is -1.06. The highest BCUT2D eigenvalue weighted by Gasteiger charge is 2.24. The number of hydrogen-bond donors (Lipinski definition) is 2. The average molecular weight is 425 g/mol. The molecule has 0 radical (unpaired) electrons. The van der Waals surface area contributed by atoms with Crippen LogP contribution in [0, 0.1) is 5.92 Å². The van der Waals surface area contributed by atoms with Crippen LogP contribution in [0.2, 0.25) is 0 Å². The first-order valence-corrected chi connectivity index (χ1v) is 13.1. The highest BCUT2D eigenvalue weighted by molar-refractivity contribution is 5.87. The summed E-state index contributed by atoms with van der Waals surface area (Å²) in [5.74, 6) is -0.0296. The fourth-order valence-electron chi connectivity index (χ4n) is 3.92. The van der Waals surface area contributed by atoms with Gasteiger partial charge in [-0.05, 0) is 12.3 Å². The smallest absolute Gasteiger partial charge is 0.242 e. The minimum absolute atomic E-state index is 0.0412. The molecule has 0 aliphatic carbocycles. The molecule has 2 unspecified atom stereocenters. The summed E-state index contributed by atoms with van der Waals surface area (Å²) in [4.78, 5) is 23.6. The van der Waals surface area contributed by atoms with Gasteiger partial charge in [-0.3, -0.25) is 9.59 Å². The van der Waals surface area contributed by atoms with Crippen LogP contribution in [0.15, 0.2) is 0 Å². The highest BCUT2D eigenvalue weighted by atomic mass is 16.2. The molecule has 0 spiro atoms. The summed E-state index contributed by atoms with van der Waals surface area (Å²) in [6.07, 6.45) is 22.5. The van der Waals surface area contributed by atoms with Crippen LogP contribution in [0.1, 0.15) is 137 Å². The number of amides is 2. The molecule has 4 heteroatoms. The lowest BCUT2D eigenvalue weighted by atomic mass is 9.98. The third-order valence-electron chi connectivity index (χ3n) is 6.18. The van der Waals surface area contributed by atoms with Gasteiger partial charge in [-0.15, -0.1) is 0 Å². The normalized spacial score (nSPS) is 13.1. The van der Waals surface area contributed by atoms with Crippen LogP contribution in [-0.4, -0.2) is 24.4 Å². The van der Waals surface area contributed by atoms with Crippen LogP contribution in [0.4, 0.5) is 0 Å². The third kappa shape index (κ3) is 17.8. The van der Waals surface area contributed by atoms with E-state index in [1.807, 2.05) is 13.8 Å². The van der Waals surface area contributed by atoms with Crippen LogP contribution in [-0.2, 0) is 9.59 Å². The van der Waals surface area contributed by atoms with Crippen molar-refractivity contribution in [3.05, 3.63) is 0 Å². The molecule has 4 nitrogen and oxygen atoms in total. The van der Waals surface area contributed by atoms with Gasteiger partial charge in [0.1, 0.15) is 6.04 Å². The average Bonchev–Trinajstić information content (AvgIpc) is 2.73. The lowest BCUT2D eigenvalue weighted by Crippen LogP contribution is -2.49. The number of nitrogens with one attached hydrogen (secondary N) is 2. The van der Waals surface area contributed by atoms with Crippen LogP contribution in [0.3, 0.4) is 0 Å². The molecule has 2 atom stereocenters. The second-order valence-corrected chi connectivity index (χ2v) is 9.16. The Morgan fingerprint density at radius 2 is 1.07 bits per heavy atom. The minimum atomic E-state index is -0.409. The van der Waals surface area contributed by atoms with Crippen LogP contribution in [0.5, 0.6) is 0 Å². The van der Waals surface area contributed by atoms with E-state index in [-0.39, 0.29) is 17.7 Å². The van der Waals surface area contributed by atoms with Crippen molar-refractivity contribution >= 4 is 11.8 Å². The molecule has 0 fully saturated rings. The topological polar surface area (TPSA) is 58.2 Å². The molecule has 0 aromatic rings. The van der Waals surface area contributed by atoms with Crippen LogP contribution >= 0.6 is 0 Å². The van der Waals surface area contributed by atoms with Gasteiger partial charge in [0, 0.05) is 13.5 Å². The van der Waals surface area contributed by atoms with Gasteiger partial charge in [0.15, 0.2) is 0 Å². The first-order valence-electron chi connectivity index (χ1n) is 13.1. The van der Waals surface area contributed by atoms with Crippen molar-refractivity contribution in [2.45, 2.75) is 143 Å². The Balaban J connectivity index is 3.45. The predicted octanol–water partition coefficient (Wildman–Crippen LogP) is 6.91. The van der Waals surface area contributed by atoms with Gasteiger partial charge in [-0.2, -0.15) is 0 Å². The van der Waals surface area contributed by atoms with Crippen molar-refractivity contribution in [3.8, 4) is 0 Å². The SMILES string of the molecule is CCCCCCCCCCCCCCCCCCNC(=O)C(NC(C)=O)C(C)CC. The van der Waals surface area contributed by atoms with Gasteiger partial charge in [0.05, 0.1) is 0 Å². The summed E-state index contributed by atoms with van der Waals surface area (Å²) >= 11 is 0. The van der Waals surface area contributed by atoms with E-state index < -0.39 is 6.04 Å². The fourth-order valence-corrected chi connectivity index (χ4v) is 3.92. The maximum absolute atomic E-state index is 12.3. The zero-order chi connectivity index (χ0) is 22.5. The van der Waals surface area contributed by atoms with E-state index >= 15 is 0 Å². The Morgan fingerprint density at radius 3 is 1.43 bits per heavy atom. The number of carbonyl (C=O) groups is 2. The second-order valence-electron chi connectivity index (χ2n) is 9.16. The molecule has 178 valence electrons. The van der Waals surface area contributed by atoms with E-state index in [1.165, 1.54) is 103 Å². The standard InChI is InChI=1S/C26H52N2O2/c1-5-7-8-9-10-11-12-13-14-15-16-17-18-19-20-21-22-27-26(30)25(23(3)6-2)28-24(4)29/h23,25H,5-22H2,1-4H3,(H,27,30)(H,28,29). The van der Waals surface area contributed by atoms with Gasteiger partial charge >= 0.3 is 0 Å². The zero-order valence-corrected chi connectivity index (χ0v) is 20.7. The largest absolute Gasteiger partial charge is 0.354 e. The minimum Gasteiger partial charge on any atom is -0.354 e. The lowest BCUT2D eigenvalue weighted by Gasteiger charge is -2.22. The first kappa shape index (κ1) is 28.9. The maximum Gasteiger partial charge on any atom is 0.242 e. The van der Waals surface area contributed by atoms with Crippen LogP contribution in [0.25, 0.3) is 0 Å². The van der Waals surface area contributed by atoms with Crippen molar-refractivity contribution in [1.29, 1.82) is 0 Å². The molecule has 30 heavy (non-hydrogen) atoms. The van der Waals surface area contributed by atoms with E-state index in [2.05, 4.69) is 17.6 Å². The predicted molar refractivity (Wildman–Crippen MR) is 130 cm³/mol. The van der Waals surface area contributed by atoms with E-state index in [0.29, 0.717) is 6.54 Å². The Kier molecular flexibility index (Phi) is 20.4. The van der Waals surface area contributed by atoms with Crippen LogP contribution < -0.4 is 10.6 Å². The van der Waals surface area contributed by atoms with E-state index in [0.717, 1.165) is 12.8 Å². The zero-order valence-electron chi connectivity index (χ0n) is 20.7. The quantitative estimate of drug-likeness (QED) is 0.197. The van der Waals surface area contributed by atoms with Crippen molar-refractivity contribution in [2.75, 3.05) is 6.54 Å². The van der Waals surface area contributed by atoms with Gasteiger partial charge in [0.25, 0.3) is 0 Å². The number of carbonyl (C=O) groups excluding carboxylic acids is 2. The monoisotopic (exact) mass is 424 g/mol. The lowest BCUT2D eigenvalue weighted by molar-refractivity contribution is -0.129. The molecule has 0 aromatic carbocycles. The summed E-state index contributed by atoms with van der Waals surface area (Å²) in [6.45, 7) is 8.51. The summed E-state index contributed by atoms with van der Waals surface area (Å²) in [6, 6.07) is -0.409. The Labute approximate surface area is 187 Å². The van der Waals surface area contributed by atoms with Crippen molar-refractivity contribution in [1.82, 2.24) is 10.6 Å². The number of unbranched alkanes of at least 4 members (excludes halogenated alkanes) is 15. The Morgan fingerprint density at radius 1 is 0.667 bits per heavy atom. The summed E-state index contributed by atoms with van der Waals surface area (Å²) < 4.78 is 0. The molecule has 2 N–H and O–H groups in total. The van der Waals surface area contributed by atoms with Crippen molar-refractivity contribution in [3.63, 3.8) is 0 Å². The Bertz CT molecular complexity index is 412. The molecule has 2 amide bonds. The van der Waals surface area contributed by atoms with E-state index in [4.69, 9.17) is 0 Å². The van der Waals surface area contributed by atoms with Crippen molar-refractivity contribution < 1.29 is 9.59 Å². The second kappa shape index (κ2) is 21.2. The summed E-state index contributed by atoms with van der Waals surface area (Å²) in [5.41, 5.74) is 0. The number of rotatable bonds is 21. The summed E-state index contributed by atoms with van der Waals surface area (Å²) in [5, 5.41) is 5.79. The molecular formula is C26H52N2O2. The molecule has 0 saturated carbocycles. The molecule has 0 rings (SSSR count). The van der Waals surface area contributed by atoms with Gasteiger partial charge < -0.3 is 10.6 Å². The van der Waals surface area contributed by atoms with E-state index in [9.17, 15) is 9.59 Å².